The van der Waals surface area contributed by atoms with E-state index < -0.39 is 21.5 Å². The van der Waals surface area contributed by atoms with Gasteiger partial charge < -0.3 is 19.9 Å². The predicted octanol–water partition coefficient (Wildman–Crippen LogP) is 1.63. The number of ether oxygens (including phenoxy) is 1. The minimum Gasteiger partial charge on any atom is -0.495 e. The van der Waals surface area contributed by atoms with E-state index in [4.69, 9.17) is 4.74 Å². The Labute approximate surface area is 173 Å². The summed E-state index contributed by atoms with van der Waals surface area (Å²) in [5.41, 5.74) is 0.720. The van der Waals surface area contributed by atoms with Gasteiger partial charge in [0, 0.05) is 31.7 Å². The molecule has 1 N–H and O–H groups in total. The minimum absolute atomic E-state index is 0.00662. The minimum atomic E-state index is -3.47. The fourth-order valence-electron chi connectivity index (χ4n) is 3.16. The van der Waals surface area contributed by atoms with Crippen molar-refractivity contribution in [3.8, 4) is 5.75 Å². The lowest BCUT2D eigenvalue weighted by molar-refractivity contribution is -0.113. The van der Waals surface area contributed by atoms with Crippen LogP contribution in [-0.4, -0.2) is 81.9 Å². The molecule has 29 heavy (non-hydrogen) atoms. The van der Waals surface area contributed by atoms with Crippen molar-refractivity contribution in [1.29, 1.82) is 0 Å². The smallest absolute Gasteiger partial charge is 0.254 e. The largest absolute Gasteiger partial charge is 0.495 e. The van der Waals surface area contributed by atoms with E-state index in [1.807, 2.05) is 14.0 Å². The molecule has 1 aromatic rings. The summed E-state index contributed by atoms with van der Waals surface area (Å²) in [6.45, 7) is 4.88. The first-order chi connectivity index (χ1) is 13.8. The number of carbonyl (C=O) groups is 2. The van der Waals surface area contributed by atoms with Gasteiger partial charge in [-0.15, -0.1) is 0 Å². The monoisotopic (exact) mass is 425 g/mol. The number of rotatable bonds is 9. The molecule has 0 bridgehead atoms. The Morgan fingerprint density at radius 2 is 1.83 bits per heavy atom. The van der Waals surface area contributed by atoms with Gasteiger partial charge in [0.1, 0.15) is 11.5 Å². The number of amides is 2. The van der Waals surface area contributed by atoms with Crippen molar-refractivity contribution in [3.05, 3.63) is 23.8 Å². The molecule has 0 aliphatic carbocycles. The molecule has 0 unspecified atom stereocenters. The Morgan fingerprint density at radius 1 is 1.14 bits per heavy atom. The zero-order valence-electron chi connectivity index (χ0n) is 17.4. The molecule has 1 heterocycles. The van der Waals surface area contributed by atoms with Crippen LogP contribution in [0.2, 0.25) is 0 Å². The molecular formula is C20H31N3O5S. The summed E-state index contributed by atoms with van der Waals surface area (Å²) < 4.78 is 29.5. The molecule has 0 aromatic heterocycles. The van der Waals surface area contributed by atoms with Crippen LogP contribution in [-0.2, 0) is 14.6 Å². The maximum absolute atomic E-state index is 12.8. The Kier molecular flexibility index (Phi) is 8.45. The number of likely N-dealkylation sites (N-methyl/N-ethyl adjacent to an activating group) is 1. The third-order valence-electron chi connectivity index (χ3n) is 4.92. The lowest BCUT2D eigenvalue weighted by Crippen LogP contribution is -2.47. The zero-order valence-corrected chi connectivity index (χ0v) is 18.3. The zero-order chi connectivity index (χ0) is 21.4. The molecule has 1 aromatic carbocycles. The Morgan fingerprint density at radius 3 is 2.45 bits per heavy atom. The van der Waals surface area contributed by atoms with Crippen LogP contribution in [0.25, 0.3) is 0 Å². The van der Waals surface area contributed by atoms with E-state index in [0.29, 0.717) is 36.5 Å². The van der Waals surface area contributed by atoms with E-state index >= 15 is 0 Å². The van der Waals surface area contributed by atoms with Gasteiger partial charge >= 0.3 is 0 Å². The summed E-state index contributed by atoms with van der Waals surface area (Å²) in [7, 11) is -0.00836. The molecular weight excluding hydrogens is 394 g/mol. The second kappa shape index (κ2) is 10.6. The molecule has 9 heteroatoms. The Bertz CT molecular complexity index is 817. The average molecular weight is 426 g/mol. The van der Waals surface area contributed by atoms with Crippen LogP contribution in [0.15, 0.2) is 18.2 Å². The lowest BCUT2D eigenvalue weighted by atomic mass is 10.1. The molecule has 1 saturated heterocycles. The molecule has 2 rings (SSSR count). The van der Waals surface area contributed by atoms with Gasteiger partial charge in [0.05, 0.1) is 18.6 Å². The summed E-state index contributed by atoms with van der Waals surface area (Å²) in [5.74, 6) is -0.979. The first-order valence-corrected chi connectivity index (χ1v) is 11.7. The van der Waals surface area contributed by atoms with Gasteiger partial charge in [-0.2, -0.15) is 0 Å². The van der Waals surface area contributed by atoms with E-state index in [1.165, 1.54) is 7.11 Å². The SMILES string of the molecule is CCCCCS(=O)(=O)CC(=O)Nc1cc(C(=O)N2CCN(C)CC2)ccc1OC. The summed E-state index contributed by atoms with van der Waals surface area (Å²) in [4.78, 5) is 29.0. The van der Waals surface area contributed by atoms with Crippen molar-refractivity contribution in [2.45, 2.75) is 26.2 Å². The molecule has 2 amide bonds. The second-order valence-electron chi connectivity index (χ2n) is 7.36. The van der Waals surface area contributed by atoms with Crippen LogP contribution >= 0.6 is 0 Å². The van der Waals surface area contributed by atoms with Crippen LogP contribution in [0.1, 0.15) is 36.5 Å². The number of piperazine rings is 1. The predicted molar refractivity (Wildman–Crippen MR) is 113 cm³/mol. The normalized spacial score (nSPS) is 15.2. The highest BCUT2D eigenvalue weighted by Gasteiger charge is 2.22. The number of sulfone groups is 1. The van der Waals surface area contributed by atoms with Crippen LogP contribution in [0, 0.1) is 0 Å². The highest BCUT2D eigenvalue weighted by atomic mass is 32.2. The van der Waals surface area contributed by atoms with Crippen molar-refractivity contribution in [1.82, 2.24) is 9.80 Å². The van der Waals surface area contributed by atoms with Crippen LogP contribution in [0.3, 0.4) is 0 Å². The number of methoxy groups -OCH3 is 1. The van der Waals surface area contributed by atoms with Gasteiger partial charge in [0.25, 0.3) is 5.91 Å². The van der Waals surface area contributed by atoms with Gasteiger partial charge in [-0.3, -0.25) is 9.59 Å². The summed E-state index contributed by atoms with van der Waals surface area (Å²) in [6, 6.07) is 4.80. The number of hydrogen-bond donors (Lipinski definition) is 1. The quantitative estimate of drug-likeness (QED) is 0.604. The molecule has 8 nitrogen and oxygen atoms in total. The molecule has 0 saturated carbocycles. The second-order valence-corrected chi connectivity index (χ2v) is 9.54. The third kappa shape index (κ3) is 7.01. The fourth-order valence-corrected chi connectivity index (χ4v) is 4.42. The number of carbonyl (C=O) groups excluding carboxylic acids is 2. The molecule has 0 atom stereocenters. The van der Waals surface area contributed by atoms with Gasteiger partial charge in [-0.25, -0.2) is 8.42 Å². The number of anilines is 1. The number of nitrogens with one attached hydrogen (secondary N) is 1. The van der Waals surface area contributed by atoms with Gasteiger partial charge in [0.15, 0.2) is 9.84 Å². The molecule has 1 aliphatic rings. The van der Waals surface area contributed by atoms with Crippen molar-refractivity contribution in [3.63, 3.8) is 0 Å². The van der Waals surface area contributed by atoms with Gasteiger partial charge in [-0.1, -0.05) is 19.8 Å². The Balaban J connectivity index is 2.08. The number of hydrogen-bond acceptors (Lipinski definition) is 6. The van der Waals surface area contributed by atoms with E-state index in [-0.39, 0.29) is 11.7 Å². The molecule has 0 radical (unpaired) electrons. The summed E-state index contributed by atoms with van der Waals surface area (Å²) >= 11 is 0. The van der Waals surface area contributed by atoms with Gasteiger partial charge in [-0.05, 0) is 31.7 Å². The standard InChI is InChI=1S/C20H31N3O5S/c1-4-5-6-13-29(26,27)15-19(24)21-17-14-16(7-8-18(17)28-3)20(25)23-11-9-22(2)10-12-23/h7-8,14H,4-6,9-13,15H2,1-3H3,(H,21,24). The highest BCUT2D eigenvalue weighted by molar-refractivity contribution is 7.92. The highest BCUT2D eigenvalue weighted by Crippen LogP contribution is 2.26. The number of benzene rings is 1. The van der Waals surface area contributed by atoms with Gasteiger partial charge in [0.2, 0.25) is 5.91 Å². The van der Waals surface area contributed by atoms with E-state index in [1.54, 1.807) is 23.1 Å². The van der Waals surface area contributed by atoms with Crippen LogP contribution < -0.4 is 10.1 Å². The molecule has 1 aliphatic heterocycles. The third-order valence-corrected chi connectivity index (χ3v) is 6.53. The van der Waals surface area contributed by atoms with Crippen molar-refractivity contribution in [2.24, 2.45) is 0 Å². The van der Waals surface area contributed by atoms with E-state index in [2.05, 4.69) is 10.2 Å². The van der Waals surface area contributed by atoms with Crippen molar-refractivity contribution < 1.29 is 22.7 Å². The molecule has 1 fully saturated rings. The first-order valence-electron chi connectivity index (χ1n) is 9.92. The number of unbranched alkanes of at least 4 members (excludes halogenated alkanes) is 2. The maximum atomic E-state index is 12.8. The van der Waals surface area contributed by atoms with E-state index in [0.717, 1.165) is 25.9 Å². The Hall–Kier alpha value is -2.13. The van der Waals surface area contributed by atoms with Crippen LogP contribution in [0.5, 0.6) is 5.75 Å². The van der Waals surface area contributed by atoms with Crippen molar-refractivity contribution >= 4 is 27.3 Å². The summed E-state index contributed by atoms with van der Waals surface area (Å²) in [6.07, 6.45) is 2.27. The number of nitrogens with zero attached hydrogens (tertiary/aromatic N) is 2. The first kappa shape index (κ1) is 23.2. The maximum Gasteiger partial charge on any atom is 0.254 e. The van der Waals surface area contributed by atoms with Crippen LogP contribution in [0.4, 0.5) is 5.69 Å². The molecule has 0 spiro atoms. The fraction of sp³-hybridized carbons (Fsp3) is 0.600. The molecule has 162 valence electrons. The summed E-state index contributed by atoms with van der Waals surface area (Å²) in [5, 5.41) is 2.59. The van der Waals surface area contributed by atoms with E-state index in [9.17, 15) is 18.0 Å². The van der Waals surface area contributed by atoms with Crippen molar-refractivity contribution in [2.75, 3.05) is 57.2 Å². The average Bonchev–Trinajstić information content (AvgIpc) is 2.67. The topological polar surface area (TPSA) is 96.0 Å². The lowest BCUT2D eigenvalue weighted by Gasteiger charge is -2.32.